The molecule has 0 saturated heterocycles. The maximum atomic E-state index is 12.4. The first-order valence-corrected chi connectivity index (χ1v) is 35.9. The van der Waals surface area contributed by atoms with Crippen LogP contribution in [0.15, 0.2) is 109 Å². The van der Waals surface area contributed by atoms with Crippen molar-refractivity contribution in [2.45, 2.75) is 360 Å². The summed E-state index contributed by atoms with van der Waals surface area (Å²) in [5.41, 5.74) is 0. The first kappa shape index (κ1) is 79.6. The van der Waals surface area contributed by atoms with Crippen LogP contribution in [0.4, 0.5) is 0 Å². The second-order valence-corrected chi connectivity index (χ2v) is 23.9. The predicted octanol–water partition coefficient (Wildman–Crippen LogP) is 25.2. The first-order valence-electron chi connectivity index (χ1n) is 35.9. The maximum absolute atomic E-state index is 12.4. The molecular formula is C78H136O5. The molecule has 0 fully saturated rings. The fourth-order valence-electron chi connectivity index (χ4n) is 10.5. The van der Waals surface area contributed by atoms with E-state index in [2.05, 4.69) is 123 Å². The average molecular weight is 1150 g/mol. The van der Waals surface area contributed by atoms with E-state index in [4.69, 9.17) is 9.47 Å². The number of allylic oxidation sites excluding steroid dienone is 18. The van der Waals surface area contributed by atoms with Gasteiger partial charge in [0.15, 0.2) is 6.10 Å². The van der Waals surface area contributed by atoms with Gasteiger partial charge in [-0.3, -0.25) is 9.59 Å². The molecule has 5 nitrogen and oxygen atoms in total. The zero-order valence-electron chi connectivity index (χ0n) is 54.9. The first-order chi connectivity index (χ1) is 41.1. The van der Waals surface area contributed by atoms with E-state index in [1.807, 2.05) is 0 Å². The highest BCUT2D eigenvalue weighted by atomic mass is 16.6. The van der Waals surface area contributed by atoms with E-state index < -0.39 is 6.10 Å². The van der Waals surface area contributed by atoms with Gasteiger partial charge in [0.2, 0.25) is 0 Å². The Balaban J connectivity index is 3.49. The average Bonchev–Trinajstić information content (AvgIpc) is 3.49. The normalized spacial score (nSPS) is 12.9. The van der Waals surface area contributed by atoms with Gasteiger partial charge in [-0.25, -0.2) is 0 Å². The van der Waals surface area contributed by atoms with Gasteiger partial charge in [0, 0.05) is 12.8 Å². The number of ether oxygens (including phenoxy) is 2. The van der Waals surface area contributed by atoms with E-state index in [1.165, 1.54) is 212 Å². The molecule has 5 heteroatoms. The molecule has 83 heavy (non-hydrogen) atoms. The van der Waals surface area contributed by atoms with E-state index in [0.29, 0.717) is 12.8 Å². The molecule has 0 spiro atoms. The summed E-state index contributed by atoms with van der Waals surface area (Å²) in [7, 11) is 0. The summed E-state index contributed by atoms with van der Waals surface area (Å²) in [5.74, 6) is -0.605. The van der Waals surface area contributed by atoms with Crippen molar-refractivity contribution in [2.75, 3.05) is 13.2 Å². The van der Waals surface area contributed by atoms with Gasteiger partial charge in [-0.05, 0) is 83.5 Å². The number of carbonyl (C=O) groups is 2. The van der Waals surface area contributed by atoms with Crippen LogP contribution in [0.3, 0.4) is 0 Å². The van der Waals surface area contributed by atoms with Crippen molar-refractivity contribution < 1.29 is 24.2 Å². The fraction of sp³-hybridized carbons (Fsp3) is 0.744. The number of esters is 2. The number of unbranched alkanes of at least 4 members (excludes halogenated alkanes) is 40. The highest BCUT2D eigenvalue weighted by Gasteiger charge is 2.16. The molecule has 0 amide bonds. The van der Waals surface area contributed by atoms with Crippen molar-refractivity contribution in [3.8, 4) is 0 Å². The third-order valence-electron chi connectivity index (χ3n) is 15.8. The minimum absolute atomic E-state index is 0.0765. The summed E-state index contributed by atoms with van der Waals surface area (Å²) < 4.78 is 10.7. The molecule has 0 bridgehead atoms. The van der Waals surface area contributed by atoms with Crippen LogP contribution in [-0.2, 0) is 19.1 Å². The van der Waals surface area contributed by atoms with Gasteiger partial charge in [0.25, 0.3) is 0 Å². The Morgan fingerprint density at radius 1 is 0.289 bits per heavy atom. The van der Waals surface area contributed by atoms with Crippen LogP contribution >= 0.6 is 0 Å². The highest BCUT2D eigenvalue weighted by molar-refractivity contribution is 5.70. The van der Waals surface area contributed by atoms with Crippen LogP contribution < -0.4 is 0 Å². The molecular weight excluding hydrogens is 1020 g/mol. The van der Waals surface area contributed by atoms with Crippen LogP contribution in [-0.4, -0.2) is 36.4 Å². The Labute approximate surface area is 516 Å². The van der Waals surface area contributed by atoms with Crippen molar-refractivity contribution in [1.82, 2.24) is 0 Å². The SMILES string of the molecule is CC/C=C\C/C=C\C/C=C\C/C=C\C/C=C\C/C=C\C/C=C\C/C=C\C/C=C\CCCCCCCC(=O)OC(CO)COC(=O)CCCCCCCCCCCCCCCCCCCCCCCCCCCCCCCCCCCCCC. The van der Waals surface area contributed by atoms with Gasteiger partial charge in [0.05, 0.1) is 6.61 Å². The Morgan fingerprint density at radius 3 is 0.783 bits per heavy atom. The second-order valence-electron chi connectivity index (χ2n) is 23.9. The molecule has 478 valence electrons. The Morgan fingerprint density at radius 2 is 0.518 bits per heavy atom. The molecule has 0 aromatic heterocycles. The highest BCUT2D eigenvalue weighted by Crippen LogP contribution is 2.18. The van der Waals surface area contributed by atoms with Crippen molar-refractivity contribution in [1.29, 1.82) is 0 Å². The van der Waals surface area contributed by atoms with Crippen molar-refractivity contribution in [3.05, 3.63) is 109 Å². The standard InChI is InChI=1S/C78H136O5/c1-3-5-7-9-11-13-15-17-19-21-23-25-27-29-31-33-35-37-38-39-41-42-44-46-48-50-52-54-56-58-60-62-64-66-68-70-72-77(80)82-75-76(74-79)83-78(81)73-71-69-67-65-63-61-59-57-55-53-51-49-47-45-43-40-36-34-32-30-28-26-24-22-20-18-16-14-12-10-8-6-4-2/h6,8,12,14,18,20,24,26,30,32,36,40,45,47,51,53,57,59,76,79H,3-5,7,9-11,13,15-17,19,21-23,25,27-29,31,33-35,37-39,41-44,46,48-50,52,54-56,58,60-75H2,1-2H3/b8-6-,14-12-,20-18-,26-24-,32-30-,40-36-,47-45-,53-51-,59-57-. The lowest BCUT2D eigenvalue weighted by Crippen LogP contribution is -2.28. The molecule has 0 aliphatic heterocycles. The monoisotopic (exact) mass is 1150 g/mol. The van der Waals surface area contributed by atoms with E-state index in [0.717, 1.165) is 116 Å². The van der Waals surface area contributed by atoms with Crippen LogP contribution in [0.1, 0.15) is 354 Å². The molecule has 0 heterocycles. The van der Waals surface area contributed by atoms with Crippen LogP contribution in [0.2, 0.25) is 0 Å². The van der Waals surface area contributed by atoms with Crippen molar-refractivity contribution in [3.63, 3.8) is 0 Å². The summed E-state index contributed by atoms with van der Waals surface area (Å²) in [5, 5.41) is 9.70. The number of aliphatic hydroxyl groups excluding tert-OH is 1. The second kappa shape index (κ2) is 72.8. The molecule has 0 aromatic rings. The van der Waals surface area contributed by atoms with Crippen LogP contribution in [0.25, 0.3) is 0 Å². The zero-order chi connectivity index (χ0) is 59.8. The molecule has 0 aliphatic rings. The minimum Gasteiger partial charge on any atom is -0.462 e. The number of carbonyl (C=O) groups excluding carboxylic acids is 2. The quantitative estimate of drug-likeness (QED) is 0.0373. The van der Waals surface area contributed by atoms with Gasteiger partial charge in [-0.2, -0.15) is 0 Å². The lowest BCUT2D eigenvalue weighted by molar-refractivity contribution is -0.161. The molecule has 0 saturated carbocycles. The Kier molecular flexibility index (Phi) is 69.8. The van der Waals surface area contributed by atoms with Gasteiger partial charge < -0.3 is 14.6 Å². The summed E-state index contributed by atoms with van der Waals surface area (Å²) in [6.45, 7) is 4.05. The van der Waals surface area contributed by atoms with Crippen LogP contribution in [0.5, 0.6) is 0 Å². The van der Waals surface area contributed by atoms with E-state index in [9.17, 15) is 14.7 Å². The number of hydrogen-bond donors (Lipinski definition) is 1. The zero-order valence-corrected chi connectivity index (χ0v) is 54.9. The molecule has 1 atom stereocenters. The third-order valence-corrected chi connectivity index (χ3v) is 15.8. The predicted molar refractivity (Wildman–Crippen MR) is 366 cm³/mol. The largest absolute Gasteiger partial charge is 0.462 e. The van der Waals surface area contributed by atoms with Crippen LogP contribution in [0, 0.1) is 0 Å². The fourth-order valence-corrected chi connectivity index (χ4v) is 10.5. The molecule has 1 N–H and O–H groups in total. The summed E-state index contributed by atoms with van der Waals surface area (Å²) in [6.07, 6.45) is 106. The van der Waals surface area contributed by atoms with Gasteiger partial charge in [-0.15, -0.1) is 0 Å². The Hall–Kier alpha value is -3.44. The minimum atomic E-state index is -0.790. The number of aliphatic hydroxyl groups is 1. The lowest BCUT2D eigenvalue weighted by atomic mass is 10.0. The summed E-state index contributed by atoms with van der Waals surface area (Å²) >= 11 is 0. The maximum Gasteiger partial charge on any atom is 0.306 e. The summed E-state index contributed by atoms with van der Waals surface area (Å²) in [6, 6.07) is 0. The van der Waals surface area contributed by atoms with Gasteiger partial charge in [-0.1, -0.05) is 367 Å². The number of hydrogen-bond acceptors (Lipinski definition) is 5. The molecule has 0 aliphatic carbocycles. The Bertz CT molecular complexity index is 1590. The van der Waals surface area contributed by atoms with Crippen molar-refractivity contribution >= 4 is 11.9 Å². The van der Waals surface area contributed by atoms with E-state index in [-0.39, 0.29) is 25.2 Å². The lowest BCUT2D eigenvalue weighted by Gasteiger charge is -2.15. The molecule has 1 unspecified atom stereocenters. The van der Waals surface area contributed by atoms with Gasteiger partial charge in [0.1, 0.15) is 6.61 Å². The van der Waals surface area contributed by atoms with Crippen molar-refractivity contribution in [2.24, 2.45) is 0 Å². The molecule has 0 aromatic carbocycles. The smallest absolute Gasteiger partial charge is 0.306 e. The van der Waals surface area contributed by atoms with E-state index >= 15 is 0 Å². The molecule has 0 radical (unpaired) electrons. The number of rotatable bonds is 66. The summed E-state index contributed by atoms with van der Waals surface area (Å²) in [4.78, 5) is 24.7. The third kappa shape index (κ3) is 71.0. The van der Waals surface area contributed by atoms with E-state index in [1.54, 1.807) is 0 Å². The topological polar surface area (TPSA) is 72.8 Å². The molecule has 0 rings (SSSR count). The van der Waals surface area contributed by atoms with Gasteiger partial charge >= 0.3 is 11.9 Å².